The minimum atomic E-state index is -0.874. The van der Waals surface area contributed by atoms with Crippen molar-refractivity contribution in [2.45, 2.75) is 18.4 Å². The van der Waals surface area contributed by atoms with Gasteiger partial charge in [0.15, 0.2) is 0 Å². The number of ether oxygens (including phenoxy) is 1. The van der Waals surface area contributed by atoms with Crippen LogP contribution in [0.15, 0.2) is 18.3 Å². The van der Waals surface area contributed by atoms with Crippen LogP contribution in [0.25, 0.3) is 0 Å². The first-order valence-electron chi connectivity index (χ1n) is 6.17. The van der Waals surface area contributed by atoms with E-state index in [1.807, 2.05) is 0 Å². The van der Waals surface area contributed by atoms with Gasteiger partial charge in [0.05, 0.1) is 5.60 Å². The minimum absolute atomic E-state index is 0.248. The number of likely N-dealkylation sites (N-methyl/N-ethyl adjacent to an activating group) is 1. The topological polar surface area (TPSA) is 62.7 Å². The lowest BCUT2D eigenvalue weighted by Crippen LogP contribution is -2.47. The molecule has 0 atom stereocenters. The van der Waals surface area contributed by atoms with Crippen molar-refractivity contribution < 1.29 is 14.6 Å². The molecule has 0 saturated carbocycles. The van der Waals surface area contributed by atoms with Gasteiger partial charge < -0.3 is 14.7 Å². The maximum Gasteiger partial charge on any atom is 0.272 e. The lowest BCUT2D eigenvalue weighted by atomic mass is 9.94. The van der Waals surface area contributed by atoms with Gasteiger partial charge in [0.25, 0.3) is 5.91 Å². The standard InChI is InChI=1S/C13H17ClN2O3/c1-16(9-13(18)3-6-19-7-4-13)12(17)11-8-10(14)2-5-15-11/h2,5,8,18H,3-4,6-7,9H2,1H3. The second-order valence-corrected chi connectivity index (χ2v) is 5.29. The van der Waals surface area contributed by atoms with Crippen molar-refractivity contribution in [1.29, 1.82) is 0 Å². The largest absolute Gasteiger partial charge is 0.388 e. The molecule has 0 unspecified atom stereocenters. The van der Waals surface area contributed by atoms with E-state index in [-0.39, 0.29) is 18.1 Å². The highest BCUT2D eigenvalue weighted by Gasteiger charge is 2.32. The molecule has 0 spiro atoms. The summed E-state index contributed by atoms with van der Waals surface area (Å²) in [7, 11) is 1.65. The van der Waals surface area contributed by atoms with Crippen molar-refractivity contribution in [3.05, 3.63) is 29.0 Å². The zero-order chi connectivity index (χ0) is 13.9. The molecular formula is C13H17ClN2O3. The van der Waals surface area contributed by atoms with Crippen LogP contribution in [-0.4, -0.2) is 53.3 Å². The fourth-order valence-corrected chi connectivity index (χ4v) is 2.30. The normalized spacial score (nSPS) is 18.1. The Balaban J connectivity index is 2.03. The molecule has 1 aromatic rings. The fraction of sp³-hybridized carbons (Fsp3) is 0.538. The average Bonchev–Trinajstić information content (AvgIpc) is 2.38. The van der Waals surface area contributed by atoms with Crippen molar-refractivity contribution in [3.63, 3.8) is 0 Å². The van der Waals surface area contributed by atoms with E-state index in [1.54, 1.807) is 13.1 Å². The van der Waals surface area contributed by atoms with Gasteiger partial charge in [0, 0.05) is 50.9 Å². The highest BCUT2D eigenvalue weighted by molar-refractivity contribution is 6.30. The Morgan fingerprint density at radius 2 is 2.26 bits per heavy atom. The smallest absolute Gasteiger partial charge is 0.272 e. The number of aliphatic hydroxyl groups is 1. The first kappa shape index (κ1) is 14.2. The summed E-state index contributed by atoms with van der Waals surface area (Å²) in [4.78, 5) is 17.6. The summed E-state index contributed by atoms with van der Waals surface area (Å²) in [6.07, 6.45) is 2.56. The number of nitrogens with zero attached hydrogens (tertiary/aromatic N) is 2. The quantitative estimate of drug-likeness (QED) is 0.910. The third-order valence-corrected chi connectivity index (χ3v) is 3.48. The van der Waals surface area contributed by atoms with E-state index in [0.29, 0.717) is 31.1 Å². The molecule has 5 nitrogen and oxygen atoms in total. The van der Waals surface area contributed by atoms with Gasteiger partial charge in [-0.05, 0) is 12.1 Å². The van der Waals surface area contributed by atoms with Crippen molar-refractivity contribution >= 4 is 17.5 Å². The number of hydrogen-bond acceptors (Lipinski definition) is 4. The summed E-state index contributed by atoms with van der Waals surface area (Å²) >= 11 is 5.84. The maximum atomic E-state index is 12.2. The average molecular weight is 285 g/mol. The van der Waals surface area contributed by atoms with Gasteiger partial charge in [-0.25, -0.2) is 0 Å². The lowest BCUT2D eigenvalue weighted by Gasteiger charge is -2.35. The van der Waals surface area contributed by atoms with Crippen LogP contribution in [0.5, 0.6) is 0 Å². The van der Waals surface area contributed by atoms with E-state index < -0.39 is 5.60 Å². The number of pyridine rings is 1. The SMILES string of the molecule is CN(CC1(O)CCOCC1)C(=O)c1cc(Cl)ccn1. The zero-order valence-electron chi connectivity index (χ0n) is 10.8. The predicted octanol–water partition coefficient (Wildman–Crippen LogP) is 1.35. The summed E-state index contributed by atoms with van der Waals surface area (Å²) < 4.78 is 5.21. The van der Waals surface area contributed by atoms with Gasteiger partial charge in [-0.1, -0.05) is 11.6 Å². The first-order valence-corrected chi connectivity index (χ1v) is 6.55. The molecule has 2 rings (SSSR count). The Labute approximate surface area is 117 Å². The van der Waals surface area contributed by atoms with Crippen LogP contribution in [-0.2, 0) is 4.74 Å². The van der Waals surface area contributed by atoms with Crippen LogP contribution in [0.2, 0.25) is 5.02 Å². The molecule has 0 aromatic carbocycles. The Morgan fingerprint density at radius 1 is 1.58 bits per heavy atom. The summed E-state index contributed by atoms with van der Waals surface area (Å²) in [5.74, 6) is -0.248. The van der Waals surface area contributed by atoms with Crippen molar-refractivity contribution in [1.82, 2.24) is 9.88 Å². The van der Waals surface area contributed by atoms with Crippen molar-refractivity contribution in [3.8, 4) is 0 Å². The van der Waals surface area contributed by atoms with E-state index in [1.165, 1.54) is 17.2 Å². The van der Waals surface area contributed by atoms with Gasteiger partial charge in [-0.3, -0.25) is 9.78 Å². The second kappa shape index (κ2) is 5.86. The number of amides is 1. The minimum Gasteiger partial charge on any atom is -0.388 e. The highest BCUT2D eigenvalue weighted by Crippen LogP contribution is 2.22. The number of halogens is 1. The van der Waals surface area contributed by atoms with E-state index in [9.17, 15) is 9.90 Å². The van der Waals surface area contributed by atoms with E-state index in [0.717, 1.165) is 0 Å². The van der Waals surface area contributed by atoms with Gasteiger partial charge in [-0.15, -0.1) is 0 Å². The Morgan fingerprint density at radius 3 is 2.89 bits per heavy atom. The zero-order valence-corrected chi connectivity index (χ0v) is 11.6. The molecule has 0 radical (unpaired) electrons. The van der Waals surface area contributed by atoms with Crippen LogP contribution >= 0.6 is 11.6 Å². The molecule has 1 aliphatic rings. The molecular weight excluding hydrogens is 268 g/mol. The monoisotopic (exact) mass is 284 g/mol. The first-order chi connectivity index (χ1) is 9.00. The molecule has 1 N–H and O–H groups in total. The molecule has 104 valence electrons. The third-order valence-electron chi connectivity index (χ3n) is 3.24. The molecule has 0 bridgehead atoms. The molecule has 1 aromatic heterocycles. The molecule has 1 fully saturated rings. The van der Waals surface area contributed by atoms with Crippen molar-refractivity contribution in [2.75, 3.05) is 26.8 Å². The van der Waals surface area contributed by atoms with E-state index in [4.69, 9.17) is 16.3 Å². The predicted molar refractivity (Wildman–Crippen MR) is 71.2 cm³/mol. The molecule has 1 aliphatic heterocycles. The Kier molecular flexibility index (Phi) is 4.39. The third kappa shape index (κ3) is 3.65. The highest BCUT2D eigenvalue weighted by atomic mass is 35.5. The van der Waals surface area contributed by atoms with Crippen LogP contribution in [0.4, 0.5) is 0 Å². The summed E-state index contributed by atoms with van der Waals surface area (Å²) in [5, 5.41) is 10.8. The Bertz CT molecular complexity index is 461. The summed E-state index contributed by atoms with van der Waals surface area (Å²) in [6, 6.07) is 3.14. The molecule has 2 heterocycles. The number of carbonyl (C=O) groups is 1. The summed E-state index contributed by atoms with van der Waals surface area (Å²) in [6.45, 7) is 1.31. The van der Waals surface area contributed by atoms with Crippen LogP contribution in [0, 0.1) is 0 Å². The molecule has 1 saturated heterocycles. The van der Waals surface area contributed by atoms with E-state index in [2.05, 4.69) is 4.98 Å². The van der Waals surface area contributed by atoms with Crippen molar-refractivity contribution in [2.24, 2.45) is 0 Å². The lowest BCUT2D eigenvalue weighted by molar-refractivity contribution is -0.0734. The summed E-state index contributed by atoms with van der Waals surface area (Å²) in [5.41, 5.74) is -0.591. The maximum absolute atomic E-state index is 12.2. The van der Waals surface area contributed by atoms with Crippen LogP contribution < -0.4 is 0 Å². The fourth-order valence-electron chi connectivity index (χ4n) is 2.14. The van der Waals surface area contributed by atoms with Gasteiger partial charge in [0.1, 0.15) is 5.69 Å². The van der Waals surface area contributed by atoms with Gasteiger partial charge in [0.2, 0.25) is 0 Å². The molecule has 6 heteroatoms. The van der Waals surface area contributed by atoms with Crippen LogP contribution in [0.1, 0.15) is 23.3 Å². The van der Waals surface area contributed by atoms with Gasteiger partial charge in [-0.2, -0.15) is 0 Å². The van der Waals surface area contributed by atoms with Crippen LogP contribution in [0.3, 0.4) is 0 Å². The van der Waals surface area contributed by atoms with Gasteiger partial charge >= 0.3 is 0 Å². The van der Waals surface area contributed by atoms with E-state index >= 15 is 0 Å². The number of rotatable bonds is 3. The Hall–Kier alpha value is -1.17. The second-order valence-electron chi connectivity index (χ2n) is 4.86. The number of aromatic nitrogens is 1. The number of hydrogen-bond donors (Lipinski definition) is 1. The number of carbonyl (C=O) groups excluding carboxylic acids is 1. The molecule has 19 heavy (non-hydrogen) atoms. The molecule has 0 aliphatic carbocycles. The molecule has 1 amide bonds.